The number of amides is 1. The number of benzene rings is 1. The molecule has 1 aliphatic rings. The summed E-state index contributed by atoms with van der Waals surface area (Å²) in [7, 11) is 0.264. The standard InChI is InChI=1S/C20H26N4O3S/c1-15-10-12-24(13-11-15)28(26,27)18-7-5-17(6-8-18)22-20(25)16-4-9-19(21-14-16)23(2)3/h4-9,14-15H,10-13H2,1-3H3,(H,22,25). The Morgan fingerprint density at radius 2 is 1.75 bits per heavy atom. The molecule has 1 amide bonds. The molecule has 28 heavy (non-hydrogen) atoms. The second-order valence-electron chi connectivity index (χ2n) is 7.36. The summed E-state index contributed by atoms with van der Waals surface area (Å²) in [6.45, 7) is 3.25. The molecule has 150 valence electrons. The van der Waals surface area contributed by atoms with Crippen LogP contribution in [0.15, 0.2) is 47.5 Å². The summed E-state index contributed by atoms with van der Waals surface area (Å²) in [5.41, 5.74) is 0.970. The van der Waals surface area contributed by atoms with E-state index >= 15 is 0 Å². The van der Waals surface area contributed by atoms with Gasteiger partial charge in [-0.25, -0.2) is 13.4 Å². The zero-order valence-corrected chi connectivity index (χ0v) is 17.2. The van der Waals surface area contributed by atoms with E-state index < -0.39 is 10.0 Å². The Balaban J connectivity index is 1.67. The van der Waals surface area contributed by atoms with E-state index in [9.17, 15) is 13.2 Å². The molecule has 2 heterocycles. The van der Waals surface area contributed by atoms with Crippen molar-refractivity contribution in [2.75, 3.05) is 37.4 Å². The third kappa shape index (κ3) is 4.51. The minimum Gasteiger partial charge on any atom is -0.363 e. The molecular formula is C20H26N4O3S. The number of carbonyl (C=O) groups excluding carboxylic acids is 1. The van der Waals surface area contributed by atoms with Crippen LogP contribution < -0.4 is 10.2 Å². The van der Waals surface area contributed by atoms with Gasteiger partial charge in [0.1, 0.15) is 5.82 Å². The summed E-state index contributed by atoms with van der Waals surface area (Å²) in [4.78, 5) is 18.7. The minimum absolute atomic E-state index is 0.247. The predicted molar refractivity (Wildman–Crippen MR) is 110 cm³/mol. The molecular weight excluding hydrogens is 376 g/mol. The number of pyridine rings is 1. The fourth-order valence-electron chi connectivity index (χ4n) is 3.07. The number of sulfonamides is 1. The summed E-state index contributed by atoms with van der Waals surface area (Å²) >= 11 is 0. The Labute approximate surface area is 166 Å². The molecule has 1 aromatic carbocycles. The molecule has 3 rings (SSSR count). The fraction of sp³-hybridized carbons (Fsp3) is 0.400. The van der Waals surface area contributed by atoms with Gasteiger partial charge in [0.25, 0.3) is 5.91 Å². The average Bonchev–Trinajstić information content (AvgIpc) is 2.69. The molecule has 1 fully saturated rings. The third-order valence-electron chi connectivity index (χ3n) is 4.96. The van der Waals surface area contributed by atoms with Crippen LogP contribution in [0, 0.1) is 5.92 Å². The molecule has 0 saturated carbocycles. The van der Waals surface area contributed by atoms with Gasteiger partial charge in [-0.2, -0.15) is 4.31 Å². The lowest BCUT2D eigenvalue weighted by Crippen LogP contribution is -2.37. The summed E-state index contributed by atoms with van der Waals surface area (Å²) in [6.07, 6.45) is 3.28. The van der Waals surface area contributed by atoms with Gasteiger partial charge in [0, 0.05) is 39.1 Å². The molecule has 7 nitrogen and oxygen atoms in total. The lowest BCUT2D eigenvalue weighted by molar-refractivity contribution is 0.102. The SMILES string of the molecule is CC1CCN(S(=O)(=O)c2ccc(NC(=O)c3ccc(N(C)C)nc3)cc2)CC1. The third-order valence-corrected chi connectivity index (χ3v) is 6.87. The van der Waals surface area contributed by atoms with Gasteiger partial charge in [-0.1, -0.05) is 6.92 Å². The van der Waals surface area contributed by atoms with Crippen LogP contribution in [0.5, 0.6) is 0 Å². The van der Waals surface area contributed by atoms with Crippen LogP contribution in [0.25, 0.3) is 0 Å². The maximum absolute atomic E-state index is 12.8. The summed E-state index contributed by atoms with van der Waals surface area (Å²) in [5, 5.41) is 2.77. The Morgan fingerprint density at radius 3 is 2.29 bits per heavy atom. The molecule has 1 aromatic heterocycles. The zero-order valence-electron chi connectivity index (χ0n) is 16.4. The molecule has 1 N–H and O–H groups in total. The predicted octanol–water partition coefficient (Wildman–Crippen LogP) is 2.82. The smallest absolute Gasteiger partial charge is 0.257 e. The average molecular weight is 403 g/mol. The second kappa shape index (κ2) is 8.28. The van der Waals surface area contributed by atoms with Gasteiger partial charge in [-0.05, 0) is 55.2 Å². The van der Waals surface area contributed by atoms with E-state index in [-0.39, 0.29) is 10.8 Å². The van der Waals surface area contributed by atoms with Crippen LogP contribution in [-0.4, -0.2) is 50.8 Å². The van der Waals surface area contributed by atoms with E-state index in [1.807, 2.05) is 19.0 Å². The lowest BCUT2D eigenvalue weighted by atomic mass is 10.0. The van der Waals surface area contributed by atoms with Crippen molar-refractivity contribution in [3.05, 3.63) is 48.2 Å². The van der Waals surface area contributed by atoms with Crippen molar-refractivity contribution in [2.24, 2.45) is 5.92 Å². The monoisotopic (exact) mass is 402 g/mol. The molecule has 8 heteroatoms. The van der Waals surface area contributed by atoms with Crippen molar-refractivity contribution < 1.29 is 13.2 Å². The highest BCUT2D eigenvalue weighted by Crippen LogP contribution is 2.24. The maximum atomic E-state index is 12.8. The molecule has 2 aromatic rings. The van der Waals surface area contributed by atoms with Gasteiger partial charge >= 0.3 is 0 Å². The molecule has 0 spiro atoms. The molecule has 1 saturated heterocycles. The van der Waals surface area contributed by atoms with E-state index in [0.717, 1.165) is 18.7 Å². The Morgan fingerprint density at radius 1 is 1.11 bits per heavy atom. The normalized spacial score (nSPS) is 16.0. The van der Waals surface area contributed by atoms with Gasteiger partial charge in [0.05, 0.1) is 10.5 Å². The largest absolute Gasteiger partial charge is 0.363 e. The van der Waals surface area contributed by atoms with Gasteiger partial charge in [-0.3, -0.25) is 4.79 Å². The first-order valence-corrected chi connectivity index (χ1v) is 10.8. The van der Waals surface area contributed by atoms with Crippen molar-refractivity contribution >= 4 is 27.4 Å². The van der Waals surface area contributed by atoms with E-state index in [0.29, 0.717) is 30.3 Å². The number of anilines is 2. The van der Waals surface area contributed by atoms with Gasteiger partial charge in [0.15, 0.2) is 0 Å². The number of rotatable bonds is 5. The van der Waals surface area contributed by atoms with Crippen LogP contribution in [0.1, 0.15) is 30.1 Å². The van der Waals surface area contributed by atoms with Gasteiger partial charge in [0.2, 0.25) is 10.0 Å². The van der Waals surface area contributed by atoms with E-state index in [4.69, 9.17) is 0 Å². The number of nitrogens with zero attached hydrogens (tertiary/aromatic N) is 3. The summed E-state index contributed by atoms with van der Waals surface area (Å²) < 4.78 is 27.1. The van der Waals surface area contributed by atoms with Crippen LogP contribution >= 0.6 is 0 Å². The molecule has 0 aliphatic carbocycles. The number of aromatic nitrogens is 1. The maximum Gasteiger partial charge on any atom is 0.257 e. The van der Waals surface area contributed by atoms with Crippen molar-refractivity contribution in [2.45, 2.75) is 24.7 Å². The highest BCUT2D eigenvalue weighted by atomic mass is 32.2. The summed E-state index contributed by atoms with van der Waals surface area (Å²) in [6, 6.07) is 9.77. The number of piperidine rings is 1. The highest BCUT2D eigenvalue weighted by molar-refractivity contribution is 7.89. The quantitative estimate of drug-likeness (QED) is 0.832. The van der Waals surface area contributed by atoms with Crippen LogP contribution in [-0.2, 0) is 10.0 Å². The molecule has 0 bridgehead atoms. The van der Waals surface area contributed by atoms with E-state index in [1.54, 1.807) is 28.6 Å². The van der Waals surface area contributed by atoms with E-state index in [1.165, 1.54) is 18.3 Å². The van der Waals surface area contributed by atoms with Crippen molar-refractivity contribution in [3.8, 4) is 0 Å². The van der Waals surface area contributed by atoms with Crippen LogP contribution in [0.4, 0.5) is 11.5 Å². The number of hydrogen-bond donors (Lipinski definition) is 1. The van der Waals surface area contributed by atoms with Crippen LogP contribution in [0.3, 0.4) is 0 Å². The number of carbonyl (C=O) groups is 1. The highest BCUT2D eigenvalue weighted by Gasteiger charge is 2.27. The summed E-state index contributed by atoms with van der Waals surface area (Å²) in [5.74, 6) is 1.03. The van der Waals surface area contributed by atoms with Crippen molar-refractivity contribution in [1.82, 2.24) is 9.29 Å². The minimum atomic E-state index is -3.49. The topological polar surface area (TPSA) is 82.6 Å². The Hall–Kier alpha value is -2.45. The Bertz CT molecular complexity index is 917. The number of nitrogens with one attached hydrogen (secondary N) is 1. The fourth-order valence-corrected chi connectivity index (χ4v) is 4.54. The number of hydrogen-bond acceptors (Lipinski definition) is 5. The first-order chi connectivity index (χ1) is 13.3. The van der Waals surface area contributed by atoms with Crippen LogP contribution in [0.2, 0.25) is 0 Å². The molecule has 0 atom stereocenters. The molecule has 0 unspecified atom stereocenters. The lowest BCUT2D eigenvalue weighted by Gasteiger charge is -2.29. The van der Waals surface area contributed by atoms with E-state index in [2.05, 4.69) is 17.2 Å². The zero-order chi connectivity index (χ0) is 20.3. The first-order valence-electron chi connectivity index (χ1n) is 9.32. The molecule has 1 aliphatic heterocycles. The second-order valence-corrected chi connectivity index (χ2v) is 9.30. The Kier molecular flexibility index (Phi) is 6.00. The van der Waals surface area contributed by atoms with Gasteiger partial charge < -0.3 is 10.2 Å². The van der Waals surface area contributed by atoms with Crippen molar-refractivity contribution in [1.29, 1.82) is 0 Å². The molecule has 0 radical (unpaired) electrons. The first kappa shape index (κ1) is 20.3. The van der Waals surface area contributed by atoms with Gasteiger partial charge in [-0.15, -0.1) is 0 Å². The van der Waals surface area contributed by atoms with Crippen molar-refractivity contribution in [3.63, 3.8) is 0 Å².